The van der Waals surface area contributed by atoms with Crippen molar-refractivity contribution in [3.8, 4) is 0 Å². The average Bonchev–Trinajstić information content (AvgIpc) is 2.53. The summed E-state index contributed by atoms with van der Waals surface area (Å²) >= 11 is 0. The number of carbonyl (C=O) groups is 3. The van der Waals surface area contributed by atoms with E-state index in [2.05, 4.69) is 0 Å². The molecule has 6 heteroatoms. The second kappa shape index (κ2) is 6.12. The standard InChI is InChI=1S/C17H22N2O4/c1-10(2)13(15(21)23-4)19-14(12-8-6-5-7-9-12)17(18,11(3)20)16(19)22/h5-10,13-14H,18H2,1-4H3. The van der Waals surface area contributed by atoms with Crippen LogP contribution < -0.4 is 5.73 Å². The van der Waals surface area contributed by atoms with E-state index in [9.17, 15) is 14.4 Å². The van der Waals surface area contributed by atoms with Crippen molar-refractivity contribution in [1.29, 1.82) is 0 Å². The van der Waals surface area contributed by atoms with Gasteiger partial charge in [0, 0.05) is 0 Å². The Morgan fingerprint density at radius 3 is 2.26 bits per heavy atom. The first kappa shape index (κ1) is 17.1. The Hall–Kier alpha value is -2.21. The number of nitrogens with two attached hydrogens (primary N) is 1. The minimum absolute atomic E-state index is 0.172. The van der Waals surface area contributed by atoms with Gasteiger partial charge in [0.15, 0.2) is 11.3 Å². The number of amides is 1. The molecular formula is C17H22N2O4. The second-order valence-corrected chi connectivity index (χ2v) is 6.16. The zero-order valence-electron chi connectivity index (χ0n) is 13.8. The van der Waals surface area contributed by atoms with Crippen LogP contribution in [-0.2, 0) is 19.1 Å². The molecule has 1 aliphatic rings. The van der Waals surface area contributed by atoms with Crippen LogP contribution in [0, 0.1) is 5.92 Å². The van der Waals surface area contributed by atoms with Gasteiger partial charge in [-0.2, -0.15) is 0 Å². The fraction of sp³-hybridized carbons (Fsp3) is 0.471. The lowest BCUT2D eigenvalue weighted by Gasteiger charge is -2.55. The predicted molar refractivity (Wildman–Crippen MR) is 84.3 cm³/mol. The number of Topliss-reactive ketones (excluding diaryl/α,β-unsaturated/α-hetero) is 1. The quantitative estimate of drug-likeness (QED) is 0.498. The first-order valence-corrected chi connectivity index (χ1v) is 7.52. The van der Waals surface area contributed by atoms with E-state index in [0.29, 0.717) is 0 Å². The Kier molecular flexibility index (Phi) is 4.56. The van der Waals surface area contributed by atoms with E-state index < -0.39 is 35.3 Å². The molecule has 0 aromatic heterocycles. The predicted octanol–water partition coefficient (Wildman–Crippen LogP) is 1.05. The lowest BCUT2D eigenvalue weighted by Crippen LogP contribution is -2.79. The highest BCUT2D eigenvalue weighted by Crippen LogP contribution is 2.45. The summed E-state index contributed by atoms with van der Waals surface area (Å²) in [6.45, 7) is 4.94. The Morgan fingerprint density at radius 2 is 1.83 bits per heavy atom. The van der Waals surface area contributed by atoms with E-state index in [1.165, 1.54) is 18.9 Å². The topological polar surface area (TPSA) is 89.7 Å². The van der Waals surface area contributed by atoms with Gasteiger partial charge < -0.3 is 15.4 Å². The number of benzene rings is 1. The van der Waals surface area contributed by atoms with Crippen molar-refractivity contribution >= 4 is 17.7 Å². The number of hydrogen-bond donors (Lipinski definition) is 1. The summed E-state index contributed by atoms with van der Waals surface area (Å²) in [5, 5.41) is 0. The third-order valence-electron chi connectivity index (χ3n) is 4.37. The maximum atomic E-state index is 12.6. The Balaban J connectivity index is 2.52. The Morgan fingerprint density at radius 1 is 1.26 bits per heavy atom. The molecule has 0 radical (unpaired) electrons. The van der Waals surface area contributed by atoms with Crippen LogP contribution in [0.15, 0.2) is 30.3 Å². The van der Waals surface area contributed by atoms with Crippen LogP contribution in [0.2, 0.25) is 0 Å². The molecule has 1 aliphatic heterocycles. The first-order valence-electron chi connectivity index (χ1n) is 7.52. The molecule has 1 saturated heterocycles. The maximum Gasteiger partial charge on any atom is 0.328 e. The van der Waals surface area contributed by atoms with E-state index >= 15 is 0 Å². The first-order chi connectivity index (χ1) is 10.8. The third kappa shape index (κ3) is 2.53. The molecule has 2 N–H and O–H groups in total. The molecule has 1 aromatic rings. The largest absolute Gasteiger partial charge is 0.467 e. The number of ketones is 1. The molecule has 0 spiro atoms. The summed E-state index contributed by atoms with van der Waals surface area (Å²) in [5.41, 5.74) is 5.23. The van der Waals surface area contributed by atoms with Gasteiger partial charge in [-0.25, -0.2) is 4.79 Å². The molecule has 1 aromatic carbocycles. The van der Waals surface area contributed by atoms with Gasteiger partial charge in [0.1, 0.15) is 6.04 Å². The van der Waals surface area contributed by atoms with Crippen molar-refractivity contribution in [2.24, 2.45) is 11.7 Å². The molecule has 0 saturated carbocycles. The number of ether oxygens (including phenoxy) is 1. The Bertz CT molecular complexity index is 629. The van der Waals surface area contributed by atoms with Crippen LogP contribution in [0.3, 0.4) is 0 Å². The monoisotopic (exact) mass is 318 g/mol. The molecule has 3 atom stereocenters. The summed E-state index contributed by atoms with van der Waals surface area (Å²) in [5.74, 6) is -1.64. The van der Waals surface area contributed by atoms with Gasteiger partial charge in [-0.15, -0.1) is 0 Å². The summed E-state index contributed by atoms with van der Waals surface area (Å²) in [7, 11) is 1.28. The van der Waals surface area contributed by atoms with Crippen LogP contribution in [0.5, 0.6) is 0 Å². The minimum Gasteiger partial charge on any atom is -0.467 e. The molecule has 2 rings (SSSR count). The lowest BCUT2D eigenvalue weighted by molar-refractivity contribution is -0.179. The summed E-state index contributed by atoms with van der Waals surface area (Å²) in [6, 6.07) is 7.57. The van der Waals surface area contributed by atoms with Crippen LogP contribution in [0.1, 0.15) is 32.4 Å². The van der Waals surface area contributed by atoms with Crippen LogP contribution in [-0.4, -0.2) is 41.3 Å². The molecule has 6 nitrogen and oxygen atoms in total. The van der Waals surface area contributed by atoms with Crippen molar-refractivity contribution in [1.82, 2.24) is 4.90 Å². The van der Waals surface area contributed by atoms with Crippen molar-refractivity contribution in [3.05, 3.63) is 35.9 Å². The van der Waals surface area contributed by atoms with E-state index in [1.807, 2.05) is 19.9 Å². The number of β-lactam (4-membered cyclic amide) rings is 1. The van der Waals surface area contributed by atoms with Crippen LogP contribution in [0.4, 0.5) is 0 Å². The van der Waals surface area contributed by atoms with Gasteiger partial charge in [-0.05, 0) is 18.4 Å². The van der Waals surface area contributed by atoms with Gasteiger partial charge in [-0.3, -0.25) is 9.59 Å². The SMILES string of the molecule is COC(=O)C(C(C)C)N1C(=O)C(N)(C(C)=O)C1c1ccccc1. The van der Waals surface area contributed by atoms with Crippen LogP contribution >= 0.6 is 0 Å². The molecule has 124 valence electrons. The average molecular weight is 318 g/mol. The fourth-order valence-electron chi connectivity index (χ4n) is 3.12. The van der Waals surface area contributed by atoms with Crippen LogP contribution in [0.25, 0.3) is 0 Å². The number of esters is 1. The number of methoxy groups -OCH3 is 1. The molecule has 1 amide bonds. The normalized spacial score (nSPS) is 25.0. The molecule has 23 heavy (non-hydrogen) atoms. The maximum absolute atomic E-state index is 12.6. The Labute approximate surface area is 135 Å². The third-order valence-corrected chi connectivity index (χ3v) is 4.37. The van der Waals surface area contributed by atoms with E-state index in [1.54, 1.807) is 24.3 Å². The van der Waals surface area contributed by atoms with Crippen molar-refractivity contribution < 1.29 is 19.1 Å². The molecule has 3 unspecified atom stereocenters. The zero-order chi connectivity index (χ0) is 17.4. The summed E-state index contributed by atoms with van der Waals surface area (Å²) in [6.07, 6.45) is 0. The van der Waals surface area contributed by atoms with Crippen molar-refractivity contribution in [2.75, 3.05) is 7.11 Å². The van der Waals surface area contributed by atoms with Gasteiger partial charge in [0.25, 0.3) is 5.91 Å². The molecule has 1 heterocycles. The van der Waals surface area contributed by atoms with Crippen molar-refractivity contribution in [3.63, 3.8) is 0 Å². The van der Waals surface area contributed by atoms with Gasteiger partial charge in [0.05, 0.1) is 13.2 Å². The molecule has 0 bridgehead atoms. The van der Waals surface area contributed by atoms with Gasteiger partial charge >= 0.3 is 5.97 Å². The van der Waals surface area contributed by atoms with Gasteiger partial charge in [-0.1, -0.05) is 44.2 Å². The van der Waals surface area contributed by atoms with Gasteiger partial charge in [0.2, 0.25) is 0 Å². The van der Waals surface area contributed by atoms with Crippen molar-refractivity contribution in [2.45, 2.75) is 38.4 Å². The van der Waals surface area contributed by atoms with E-state index in [-0.39, 0.29) is 5.92 Å². The summed E-state index contributed by atoms with van der Waals surface area (Å²) in [4.78, 5) is 38.2. The van der Waals surface area contributed by atoms with E-state index in [0.717, 1.165) is 5.56 Å². The number of hydrogen-bond acceptors (Lipinski definition) is 5. The smallest absolute Gasteiger partial charge is 0.328 e. The zero-order valence-corrected chi connectivity index (χ0v) is 13.8. The highest BCUT2D eigenvalue weighted by atomic mass is 16.5. The molecule has 0 aliphatic carbocycles. The second-order valence-electron chi connectivity index (χ2n) is 6.16. The minimum atomic E-state index is -1.64. The molecule has 1 fully saturated rings. The highest BCUT2D eigenvalue weighted by Gasteiger charge is 2.65. The number of nitrogens with zero attached hydrogens (tertiary/aromatic N) is 1. The lowest BCUT2D eigenvalue weighted by atomic mass is 9.71. The molecular weight excluding hydrogens is 296 g/mol. The van der Waals surface area contributed by atoms with E-state index in [4.69, 9.17) is 10.5 Å². The number of carbonyl (C=O) groups excluding carboxylic acids is 3. The highest BCUT2D eigenvalue weighted by molar-refractivity contribution is 6.16. The number of likely N-dealkylation sites (tertiary alicyclic amines) is 1. The summed E-state index contributed by atoms with van der Waals surface area (Å²) < 4.78 is 4.83. The fourth-order valence-corrected chi connectivity index (χ4v) is 3.12. The number of rotatable bonds is 5.